The maximum atomic E-state index is 13.1. The molecular weight excluding hydrogens is 248 g/mol. The smallest absolute Gasteiger partial charge is 0.233 e. The molecule has 0 bridgehead atoms. The van der Waals surface area contributed by atoms with E-state index in [0.717, 1.165) is 39.0 Å². The Morgan fingerprint density at radius 1 is 1.20 bits per heavy atom. The molecule has 2 aliphatic rings. The van der Waals surface area contributed by atoms with Crippen LogP contribution in [0, 0.1) is 6.92 Å². The van der Waals surface area contributed by atoms with Gasteiger partial charge in [0.1, 0.15) is 0 Å². The molecule has 1 saturated carbocycles. The summed E-state index contributed by atoms with van der Waals surface area (Å²) >= 11 is 0. The molecule has 1 aliphatic heterocycles. The fraction of sp³-hybridized carbons (Fsp3) is 0.588. The average molecular weight is 272 g/mol. The summed E-state index contributed by atoms with van der Waals surface area (Å²) in [5.41, 5.74) is 2.24. The molecule has 3 rings (SSSR count). The molecule has 108 valence electrons. The summed E-state index contributed by atoms with van der Waals surface area (Å²) in [7, 11) is 0. The predicted octanol–water partition coefficient (Wildman–Crippen LogP) is 2.24. The van der Waals surface area contributed by atoms with Crippen molar-refractivity contribution < 1.29 is 4.79 Å². The second-order valence-electron chi connectivity index (χ2n) is 6.20. The van der Waals surface area contributed by atoms with Crippen molar-refractivity contribution >= 4 is 5.91 Å². The summed E-state index contributed by atoms with van der Waals surface area (Å²) < 4.78 is 0. The molecule has 0 radical (unpaired) electrons. The van der Waals surface area contributed by atoms with Crippen LogP contribution in [0.3, 0.4) is 0 Å². The number of piperazine rings is 1. The average Bonchev–Trinajstić information content (AvgIpc) is 2.98. The van der Waals surface area contributed by atoms with E-state index >= 15 is 0 Å². The molecule has 20 heavy (non-hydrogen) atoms. The van der Waals surface area contributed by atoms with E-state index in [-0.39, 0.29) is 5.41 Å². The van der Waals surface area contributed by atoms with Crippen LogP contribution in [0.1, 0.15) is 36.8 Å². The quantitative estimate of drug-likeness (QED) is 0.895. The number of rotatable bonds is 2. The number of hydrogen-bond donors (Lipinski definition) is 1. The van der Waals surface area contributed by atoms with Crippen LogP contribution in [-0.4, -0.2) is 37.0 Å². The number of amides is 1. The molecule has 0 unspecified atom stereocenters. The number of nitrogens with zero attached hydrogens (tertiary/aromatic N) is 1. The molecule has 1 aliphatic carbocycles. The van der Waals surface area contributed by atoms with Crippen molar-refractivity contribution in [2.45, 2.75) is 38.0 Å². The fourth-order valence-corrected chi connectivity index (χ4v) is 3.72. The van der Waals surface area contributed by atoms with Crippen LogP contribution in [-0.2, 0) is 10.2 Å². The zero-order valence-electron chi connectivity index (χ0n) is 12.3. The van der Waals surface area contributed by atoms with E-state index in [0.29, 0.717) is 5.91 Å². The SMILES string of the molecule is Cc1cccc(C2(C(=O)N3CCNCC3)CCCC2)c1. The second kappa shape index (κ2) is 5.57. The number of carbonyl (C=O) groups is 1. The number of carbonyl (C=O) groups excluding carboxylic acids is 1. The lowest BCUT2D eigenvalue weighted by Gasteiger charge is -2.37. The molecule has 0 aromatic heterocycles. The molecule has 3 nitrogen and oxygen atoms in total. The largest absolute Gasteiger partial charge is 0.339 e. The van der Waals surface area contributed by atoms with Crippen LogP contribution in [0.5, 0.6) is 0 Å². The van der Waals surface area contributed by atoms with Crippen molar-refractivity contribution in [3.05, 3.63) is 35.4 Å². The molecule has 1 heterocycles. The fourth-order valence-electron chi connectivity index (χ4n) is 3.72. The number of benzene rings is 1. The number of nitrogens with one attached hydrogen (secondary N) is 1. The van der Waals surface area contributed by atoms with Gasteiger partial charge in [0.2, 0.25) is 5.91 Å². The van der Waals surface area contributed by atoms with Crippen LogP contribution in [0.15, 0.2) is 24.3 Å². The monoisotopic (exact) mass is 272 g/mol. The van der Waals surface area contributed by atoms with E-state index in [9.17, 15) is 4.79 Å². The van der Waals surface area contributed by atoms with E-state index in [1.165, 1.54) is 24.0 Å². The van der Waals surface area contributed by atoms with Gasteiger partial charge in [-0.25, -0.2) is 0 Å². The minimum atomic E-state index is -0.247. The molecule has 3 heteroatoms. The summed E-state index contributed by atoms with van der Waals surface area (Å²) in [5, 5.41) is 3.33. The first-order valence-corrected chi connectivity index (χ1v) is 7.80. The lowest BCUT2D eigenvalue weighted by atomic mass is 9.77. The molecular formula is C17H24N2O. The van der Waals surface area contributed by atoms with Crippen LogP contribution < -0.4 is 5.32 Å². The van der Waals surface area contributed by atoms with Crippen molar-refractivity contribution in [3.8, 4) is 0 Å². The van der Waals surface area contributed by atoms with Gasteiger partial charge >= 0.3 is 0 Å². The Balaban J connectivity index is 1.93. The highest BCUT2D eigenvalue weighted by molar-refractivity contribution is 5.88. The summed E-state index contributed by atoms with van der Waals surface area (Å²) in [5.74, 6) is 0.363. The first kappa shape index (κ1) is 13.6. The van der Waals surface area contributed by atoms with E-state index < -0.39 is 0 Å². The third-order valence-electron chi connectivity index (χ3n) is 4.84. The molecule has 2 fully saturated rings. The summed E-state index contributed by atoms with van der Waals surface area (Å²) in [6, 6.07) is 8.57. The topological polar surface area (TPSA) is 32.3 Å². The Bertz CT molecular complexity index is 486. The number of hydrogen-bond acceptors (Lipinski definition) is 2. The third kappa shape index (κ3) is 2.35. The van der Waals surface area contributed by atoms with Gasteiger partial charge in [0.15, 0.2) is 0 Å². The predicted molar refractivity (Wildman–Crippen MR) is 80.8 cm³/mol. The van der Waals surface area contributed by atoms with Crippen molar-refractivity contribution in [2.75, 3.05) is 26.2 Å². The minimum Gasteiger partial charge on any atom is -0.339 e. The van der Waals surface area contributed by atoms with Crippen LogP contribution in [0.25, 0.3) is 0 Å². The maximum Gasteiger partial charge on any atom is 0.233 e. The zero-order chi connectivity index (χ0) is 14.0. The van der Waals surface area contributed by atoms with Gasteiger partial charge in [-0.15, -0.1) is 0 Å². The van der Waals surface area contributed by atoms with E-state index in [2.05, 4.69) is 41.4 Å². The Morgan fingerprint density at radius 3 is 2.55 bits per heavy atom. The maximum absolute atomic E-state index is 13.1. The minimum absolute atomic E-state index is 0.247. The van der Waals surface area contributed by atoms with Crippen molar-refractivity contribution in [1.29, 1.82) is 0 Å². The van der Waals surface area contributed by atoms with Gasteiger partial charge in [-0.1, -0.05) is 42.7 Å². The van der Waals surface area contributed by atoms with Crippen LogP contribution >= 0.6 is 0 Å². The zero-order valence-corrected chi connectivity index (χ0v) is 12.3. The summed E-state index contributed by atoms with van der Waals surface area (Å²) in [6.07, 6.45) is 4.37. The molecule has 1 amide bonds. The molecule has 1 N–H and O–H groups in total. The normalized spacial score (nSPS) is 21.9. The van der Waals surface area contributed by atoms with Crippen molar-refractivity contribution in [2.24, 2.45) is 0 Å². The first-order valence-electron chi connectivity index (χ1n) is 7.80. The molecule has 0 atom stereocenters. The van der Waals surface area contributed by atoms with E-state index in [1.807, 2.05) is 0 Å². The molecule has 1 aromatic rings. The highest BCUT2D eigenvalue weighted by Crippen LogP contribution is 2.42. The lowest BCUT2D eigenvalue weighted by Crippen LogP contribution is -2.52. The lowest BCUT2D eigenvalue weighted by molar-refractivity contribution is -0.138. The van der Waals surface area contributed by atoms with E-state index in [4.69, 9.17) is 0 Å². The Labute approximate surface area is 121 Å². The van der Waals surface area contributed by atoms with Gasteiger partial charge < -0.3 is 10.2 Å². The Kier molecular flexibility index (Phi) is 3.79. The van der Waals surface area contributed by atoms with Crippen molar-refractivity contribution in [1.82, 2.24) is 10.2 Å². The van der Waals surface area contributed by atoms with Crippen molar-refractivity contribution in [3.63, 3.8) is 0 Å². The summed E-state index contributed by atoms with van der Waals surface area (Å²) in [4.78, 5) is 15.2. The first-order chi connectivity index (χ1) is 9.72. The van der Waals surface area contributed by atoms with Gasteiger partial charge in [-0.05, 0) is 25.3 Å². The van der Waals surface area contributed by atoms with Gasteiger partial charge in [0.05, 0.1) is 5.41 Å². The Morgan fingerprint density at radius 2 is 1.90 bits per heavy atom. The Hall–Kier alpha value is -1.35. The molecule has 1 aromatic carbocycles. The highest BCUT2D eigenvalue weighted by atomic mass is 16.2. The molecule has 1 saturated heterocycles. The highest BCUT2D eigenvalue weighted by Gasteiger charge is 2.44. The number of aryl methyl sites for hydroxylation is 1. The second-order valence-corrected chi connectivity index (χ2v) is 6.20. The summed E-state index contributed by atoms with van der Waals surface area (Å²) in [6.45, 7) is 5.67. The molecule has 0 spiro atoms. The van der Waals surface area contributed by atoms with Crippen LogP contribution in [0.2, 0.25) is 0 Å². The van der Waals surface area contributed by atoms with Gasteiger partial charge in [0.25, 0.3) is 0 Å². The standard InChI is InChI=1S/C17H24N2O/c1-14-5-4-6-15(13-14)17(7-2-3-8-17)16(20)19-11-9-18-10-12-19/h4-6,13,18H,2-3,7-12H2,1H3. The third-order valence-corrected chi connectivity index (χ3v) is 4.84. The van der Waals surface area contributed by atoms with Crippen LogP contribution in [0.4, 0.5) is 0 Å². The van der Waals surface area contributed by atoms with E-state index in [1.54, 1.807) is 0 Å². The van der Waals surface area contributed by atoms with Gasteiger partial charge in [-0.2, -0.15) is 0 Å². The van der Waals surface area contributed by atoms with Gasteiger partial charge in [0, 0.05) is 26.2 Å². The van der Waals surface area contributed by atoms with Gasteiger partial charge in [-0.3, -0.25) is 4.79 Å².